The van der Waals surface area contributed by atoms with Crippen LogP contribution in [0, 0.1) is 0 Å². The molecule has 0 aliphatic rings. The first kappa shape index (κ1) is 17.4. The Labute approximate surface area is 141 Å². The fraction of sp³-hybridized carbons (Fsp3) is 0.429. The van der Waals surface area contributed by atoms with Gasteiger partial charge in [-0.15, -0.1) is 0 Å². The highest BCUT2D eigenvalue weighted by molar-refractivity contribution is 5.48. The van der Waals surface area contributed by atoms with Crippen molar-refractivity contribution in [2.75, 3.05) is 10.6 Å². The first-order valence-corrected chi connectivity index (χ1v) is 8.81. The van der Waals surface area contributed by atoms with E-state index in [1.54, 1.807) is 0 Å². The molecule has 2 nitrogen and oxygen atoms in total. The summed E-state index contributed by atoms with van der Waals surface area (Å²) in [5, 5.41) is 7.01. The summed E-state index contributed by atoms with van der Waals surface area (Å²) in [7, 11) is 0. The van der Waals surface area contributed by atoms with E-state index < -0.39 is 0 Å². The quantitative estimate of drug-likeness (QED) is 0.653. The van der Waals surface area contributed by atoms with E-state index in [2.05, 4.69) is 86.9 Å². The second-order valence-electron chi connectivity index (χ2n) is 6.48. The number of hydrogen-bond acceptors (Lipinski definition) is 2. The maximum absolute atomic E-state index is 3.51. The van der Waals surface area contributed by atoms with Crippen molar-refractivity contribution in [1.29, 1.82) is 0 Å². The molecule has 2 aromatic carbocycles. The number of nitrogens with one attached hydrogen (secondary N) is 2. The Bertz CT molecular complexity index is 518. The van der Waals surface area contributed by atoms with Gasteiger partial charge in [0.25, 0.3) is 0 Å². The van der Waals surface area contributed by atoms with Crippen molar-refractivity contribution in [1.82, 2.24) is 0 Å². The van der Waals surface area contributed by atoms with Crippen LogP contribution < -0.4 is 10.6 Å². The first-order valence-electron chi connectivity index (χ1n) is 8.81. The molecule has 0 unspecified atom stereocenters. The summed E-state index contributed by atoms with van der Waals surface area (Å²) >= 11 is 0. The predicted molar refractivity (Wildman–Crippen MR) is 102 cm³/mol. The Morgan fingerprint density at radius 1 is 0.652 bits per heavy atom. The molecule has 2 N–H and O–H groups in total. The minimum absolute atomic E-state index is 0.520. The molecule has 0 bridgehead atoms. The Balaban J connectivity index is 1.94. The Hall–Kier alpha value is -1.96. The normalized spacial score (nSPS) is 13.4. The van der Waals surface area contributed by atoms with Crippen molar-refractivity contribution >= 4 is 11.4 Å². The molecule has 0 spiro atoms. The van der Waals surface area contributed by atoms with Crippen molar-refractivity contribution in [2.45, 2.75) is 59.0 Å². The Morgan fingerprint density at radius 2 is 1.00 bits per heavy atom. The van der Waals surface area contributed by atoms with Gasteiger partial charge in [-0.05, 0) is 68.5 Å². The monoisotopic (exact) mass is 310 g/mol. The number of hydrogen-bond donors (Lipinski definition) is 2. The summed E-state index contributed by atoms with van der Waals surface area (Å²) in [4.78, 5) is 0. The zero-order valence-corrected chi connectivity index (χ0v) is 14.9. The minimum atomic E-state index is 0.520. The van der Waals surface area contributed by atoms with Crippen LogP contribution in [0.3, 0.4) is 0 Å². The van der Waals surface area contributed by atoms with Crippen LogP contribution in [0.2, 0.25) is 0 Å². The third-order valence-electron chi connectivity index (χ3n) is 4.37. The van der Waals surface area contributed by atoms with Crippen LogP contribution in [0.5, 0.6) is 0 Å². The molecule has 2 atom stereocenters. The lowest BCUT2D eigenvalue weighted by Gasteiger charge is -2.14. The second kappa shape index (κ2) is 8.61. The fourth-order valence-corrected chi connectivity index (χ4v) is 2.45. The lowest BCUT2D eigenvalue weighted by atomic mass is 10.0. The molecule has 124 valence electrons. The van der Waals surface area contributed by atoms with Gasteiger partial charge in [0, 0.05) is 23.5 Å². The maximum atomic E-state index is 3.51. The predicted octanol–water partition coefficient (Wildman–Crippen LogP) is 5.70. The van der Waals surface area contributed by atoms with Gasteiger partial charge in [0.15, 0.2) is 0 Å². The van der Waals surface area contributed by atoms with Crippen molar-refractivity contribution in [3.05, 3.63) is 59.7 Å². The molecule has 0 saturated carbocycles. The highest BCUT2D eigenvalue weighted by Gasteiger charge is 2.02. The molecule has 0 heterocycles. The third kappa shape index (κ3) is 5.63. The molecule has 0 amide bonds. The summed E-state index contributed by atoms with van der Waals surface area (Å²) in [6.07, 6.45) is 3.25. The Morgan fingerprint density at radius 3 is 1.30 bits per heavy atom. The average molecular weight is 310 g/mol. The van der Waals surface area contributed by atoms with E-state index in [0.717, 1.165) is 19.3 Å². The topological polar surface area (TPSA) is 24.1 Å². The lowest BCUT2D eigenvalue weighted by Crippen LogP contribution is -2.13. The standard InChI is InChI=1S/C21H30N2/c1-5-16(3)22-20-11-7-18(8-12-20)15-19-9-13-21(14-10-19)23-17(4)6-2/h7-14,16-17,22-23H,5-6,15H2,1-4H3/t16-,17+. The highest BCUT2D eigenvalue weighted by atomic mass is 14.9. The van der Waals surface area contributed by atoms with E-state index in [0.29, 0.717) is 12.1 Å². The summed E-state index contributed by atoms with van der Waals surface area (Å²) in [6, 6.07) is 18.6. The average Bonchev–Trinajstić information content (AvgIpc) is 2.58. The van der Waals surface area contributed by atoms with Crippen LogP contribution in [0.25, 0.3) is 0 Å². The summed E-state index contributed by atoms with van der Waals surface area (Å²) in [5.41, 5.74) is 5.11. The van der Waals surface area contributed by atoms with E-state index in [4.69, 9.17) is 0 Å². The van der Waals surface area contributed by atoms with E-state index in [-0.39, 0.29) is 0 Å². The zero-order valence-electron chi connectivity index (χ0n) is 14.9. The van der Waals surface area contributed by atoms with Crippen molar-refractivity contribution in [3.63, 3.8) is 0 Å². The minimum Gasteiger partial charge on any atom is -0.383 e. The van der Waals surface area contributed by atoms with E-state index in [9.17, 15) is 0 Å². The van der Waals surface area contributed by atoms with Crippen LogP contribution in [-0.4, -0.2) is 12.1 Å². The van der Waals surface area contributed by atoms with E-state index in [1.165, 1.54) is 22.5 Å². The molecular formula is C21H30N2. The van der Waals surface area contributed by atoms with E-state index in [1.807, 2.05) is 0 Å². The zero-order chi connectivity index (χ0) is 16.7. The molecule has 2 heteroatoms. The number of anilines is 2. The van der Waals surface area contributed by atoms with Gasteiger partial charge in [-0.3, -0.25) is 0 Å². The van der Waals surface area contributed by atoms with Gasteiger partial charge in [-0.25, -0.2) is 0 Å². The van der Waals surface area contributed by atoms with Gasteiger partial charge >= 0.3 is 0 Å². The van der Waals surface area contributed by atoms with Crippen LogP contribution >= 0.6 is 0 Å². The molecule has 0 radical (unpaired) electrons. The van der Waals surface area contributed by atoms with Gasteiger partial charge in [0.05, 0.1) is 0 Å². The third-order valence-corrected chi connectivity index (χ3v) is 4.37. The number of rotatable bonds is 8. The molecule has 2 rings (SSSR count). The van der Waals surface area contributed by atoms with Crippen molar-refractivity contribution in [3.8, 4) is 0 Å². The van der Waals surface area contributed by atoms with E-state index >= 15 is 0 Å². The molecule has 0 saturated heterocycles. The summed E-state index contributed by atoms with van der Waals surface area (Å²) in [5.74, 6) is 0. The molecule has 23 heavy (non-hydrogen) atoms. The SMILES string of the molecule is CC[C@@H](C)Nc1ccc(Cc2ccc(N[C@@H](C)CC)cc2)cc1. The van der Waals surface area contributed by atoms with Gasteiger partial charge in [-0.1, -0.05) is 38.1 Å². The van der Waals surface area contributed by atoms with Gasteiger partial charge in [0.1, 0.15) is 0 Å². The number of benzene rings is 2. The van der Waals surface area contributed by atoms with Crippen LogP contribution in [0.4, 0.5) is 11.4 Å². The smallest absolute Gasteiger partial charge is 0.0342 e. The Kier molecular flexibility index (Phi) is 6.52. The summed E-state index contributed by atoms with van der Waals surface area (Å²) < 4.78 is 0. The molecular weight excluding hydrogens is 280 g/mol. The molecule has 0 aromatic heterocycles. The highest BCUT2D eigenvalue weighted by Crippen LogP contribution is 2.17. The largest absolute Gasteiger partial charge is 0.383 e. The van der Waals surface area contributed by atoms with Crippen molar-refractivity contribution < 1.29 is 0 Å². The fourth-order valence-electron chi connectivity index (χ4n) is 2.45. The molecule has 2 aromatic rings. The van der Waals surface area contributed by atoms with Crippen LogP contribution in [-0.2, 0) is 6.42 Å². The molecule has 0 aliphatic carbocycles. The van der Waals surface area contributed by atoms with Crippen LogP contribution in [0.15, 0.2) is 48.5 Å². The van der Waals surface area contributed by atoms with Gasteiger partial charge in [-0.2, -0.15) is 0 Å². The molecule has 0 aliphatic heterocycles. The molecule has 0 fully saturated rings. The van der Waals surface area contributed by atoms with Gasteiger partial charge in [0.2, 0.25) is 0 Å². The second-order valence-corrected chi connectivity index (χ2v) is 6.48. The first-order chi connectivity index (χ1) is 11.1. The lowest BCUT2D eigenvalue weighted by molar-refractivity contribution is 0.764. The van der Waals surface area contributed by atoms with Gasteiger partial charge < -0.3 is 10.6 Å². The maximum Gasteiger partial charge on any atom is 0.0342 e. The van der Waals surface area contributed by atoms with Crippen LogP contribution in [0.1, 0.15) is 51.7 Å². The van der Waals surface area contributed by atoms with Crippen molar-refractivity contribution in [2.24, 2.45) is 0 Å². The summed E-state index contributed by atoms with van der Waals surface area (Å²) in [6.45, 7) is 8.82.